The second-order valence-corrected chi connectivity index (χ2v) is 54.9. The van der Waals surface area contributed by atoms with Crippen LogP contribution < -0.4 is 0 Å². The first kappa shape index (κ1) is 121. The maximum absolute atomic E-state index is 12.6. The summed E-state index contributed by atoms with van der Waals surface area (Å²) in [5.74, 6) is 7.08. The van der Waals surface area contributed by atoms with E-state index in [-0.39, 0.29) is 201 Å². The summed E-state index contributed by atoms with van der Waals surface area (Å²) in [6.07, 6.45) is 38.8. The highest BCUT2D eigenvalue weighted by molar-refractivity contribution is 5.82. The van der Waals surface area contributed by atoms with E-state index in [1.165, 1.54) is 122 Å². The second kappa shape index (κ2) is 45.9. The van der Waals surface area contributed by atoms with Gasteiger partial charge in [0, 0.05) is 46.3 Å². The minimum atomic E-state index is -0.455. The Morgan fingerprint density at radius 1 is 0.296 bits per heavy atom. The zero-order valence-corrected chi connectivity index (χ0v) is 94.1. The van der Waals surface area contributed by atoms with Crippen LogP contribution in [-0.4, -0.2) is 130 Å². The van der Waals surface area contributed by atoms with Crippen LogP contribution >= 0.6 is 0 Å². The van der Waals surface area contributed by atoms with Gasteiger partial charge in [0.15, 0.2) is 0 Å². The number of rotatable bonds is 27. The van der Waals surface area contributed by atoms with E-state index in [2.05, 4.69) is 62.3 Å². The number of carbonyl (C=O) groups is 11. The molecule has 0 radical (unpaired) electrons. The fourth-order valence-electron chi connectivity index (χ4n) is 26.4. The molecule has 3 heterocycles. The van der Waals surface area contributed by atoms with Crippen molar-refractivity contribution in [1.29, 1.82) is 0 Å². The normalized spacial score (nSPS) is 32.5. The van der Waals surface area contributed by atoms with Crippen molar-refractivity contribution in [2.75, 3.05) is 0 Å². The Bertz CT molecular complexity index is 3980. The molecule has 15 unspecified atom stereocenters. The smallest absolute Gasteiger partial charge is 0.312 e. The summed E-state index contributed by atoms with van der Waals surface area (Å²) in [5.41, 5.74) is -4.06. The Kier molecular flexibility index (Phi) is 39.3. The van der Waals surface area contributed by atoms with Gasteiger partial charge in [-0.2, -0.15) is 0 Å². The van der Waals surface area contributed by atoms with Gasteiger partial charge < -0.3 is 52.1 Å². The number of esters is 11. The molecule has 3 aliphatic heterocycles. The van der Waals surface area contributed by atoms with Gasteiger partial charge in [-0.05, 0) is 426 Å². The first-order chi connectivity index (χ1) is 64.6. The van der Waals surface area contributed by atoms with Crippen molar-refractivity contribution in [2.24, 2.45) is 149 Å². The maximum Gasteiger partial charge on any atom is 0.312 e. The lowest BCUT2D eigenvalue weighted by Gasteiger charge is -2.61. The Hall–Kier alpha value is -5.83. The molecule has 22 heteroatoms. The highest BCUT2D eigenvalue weighted by atomic mass is 16.6. The largest absolute Gasteiger partial charge is 0.460 e. The van der Waals surface area contributed by atoms with Crippen molar-refractivity contribution in [1.82, 2.24) is 0 Å². The third-order valence-corrected chi connectivity index (χ3v) is 39.6. The van der Waals surface area contributed by atoms with Crippen LogP contribution in [0, 0.1) is 149 Å². The van der Waals surface area contributed by atoms with Gasteiger partial charge in [0.2, 0.25) is 0 Å². The first-order valence-electron chi connectivity index (χ1n) is 56.0. The van der Waals surface area contributed by atoms with Crippen LogP contribution in [-0.2, 0) is 105 Å². The van der Waals surface area contributed by atoms with E-state index in [1.807, 2.05) is 173 Å². The molecular formula is C120H204O22. The molecule has 19 fully saturated rings. The van der Waals surface area contributed by atoms with E-state index in [9.17, 15) is 52.7 Å². The SMILES string of the molecule is C.C.CCC(C)(C)C(=O)OC(C)(C)C.CCC(C)(C)C(=O)OC(C)(C)C12CC3CC(CC(C3)C1)C2.CCC(C)(C)C(=O)OC(C)(C)C12CC3CC(CC(C3)C1)C2.CCC(C)(C)C(=O)OC(C)(C)C1CCCCC1.CCC(C)(C)C(=O)OC1C2CC3C(=O)OC1C3C2.CCC(C)(C)C(=O)OC1C2CC3C(=O)OC1C3C2.CCC(C)(C)C(=O)OC1C2CC3C(=O)OC1C3C2.CCC1(OC(=O)C(C)(C)CC)CCCC1. The molecule has 0 aromatic carbocycles. The number of ether oxygens (including phenoxy) is 11. The number of hydrogen-bond donors (Lipinski definition) is 0. The third kappa shape index (κ3) is 26.9. The molecule has 0 aromatic rings. The van der Waals surface area contributed by atoms with Gasteiger partial charge in [0.25, 0.3) is 0 Å². The van der Waals surface area contributed by atoms with Gasteiger partial charge in [-0.1, -0.05) is 96.4 Å². The molecule has 3 saturated heterocycles. The second-order valence-electron chi connectivity index (χ2n) is 54.9. The molecule has 15 atom stereocenters. The Morgan fingerprint density at radius 2 is 0.535 bits per heavy atom. The van der Waals surface area contributed by atoms with Crippen molar-refractivity contribution in [2.45, 2.75) is 546 Å². The summed E-state index contributed by atoms with van der Waals surface area (Å²) in [6, 6.07) is 0. The van der Waals surface area contributed by atoms with Gasteiger partial charge in [-0.15, -0.1) is 0 Å². The van der Waals surface area contributed by atoms with Gasteiger partial charge in [0.1, 0.15) is 64.6 Å². The van der Waals surface area contributed by atoms with Crippen LogP contribution in [0.3, 0.4) is 0 Å². The monoisotopic (exact) mass is 2000 g/mol. The highest BCUT2D eigenvalue weighted by Crippen LogP contribution is 2.67. The predicted octanol–water partition coefficient (Wildman–Crippen LogP) is 27.7. The standard InChI is InChI=1S/2C19H32O2.C15H28O2.3C14H20O4.C13H24O2.C10H20O2.2CH4/c2*1-6-17(2,3)16(20)21-18(4,5)19-10-13-7-14(11-19)9-15(8-13)12-19;1-6-14(2,3)13(16)17-15(4,5)12-10-8-7-9-11-12;3*1-4-14(2,3)13(16)18-10-7-5-8-9(6-7)12(15)17-11(8)10;1-5-12(3,4)11(14)15-13(6-2)9-7-8-10-13;1-7-10(5,6)8(11)12-9(2,3)4;;/h2*13-15H,6-12H2,1-5H3;12H,6-11H2,1-5H3;3*7-11H,4-6H2,1-3H3;5-10H2,1-4H3;7H2,1-6H3;2*1H4. The number of carbonyl (C=O) groups excluding carboxylic acids is 11. The Morgan fingerprint density at radius 3 is 0.782 bits per heavy atom. The summed E-state index contributed by atoms with van der Waals surface area (Å²) >= 11 is 0. The van der Waals surface area contributed by atoms with E-state index in [0.29, 0.717) is 41.4 Å². The van der Waals surface area contributed by atoms with Crippen LogP contribution in [0.1, 0.15) is 481 Å². The lowest BCUT2D eigenvalue weighted by atomic mass is 9.46. The zero-order chi connectivity index (χ0) is 105. The Labute approximate surface area is 860 Å². The number of fused-ring (bicyclic) bond motifs is 3. The van der Waals surface area contributed by atoms with Crippen LogP contribution in [0.15, 0.2) is 0 Å². The van der Waals surface area contributed by atoms with E-state index < -0.39 is 16.2 Å². The van der Waals surface area contributed by atoms with Crippen molar-refractivity contribution >= 4 is 65.7 Å². The molecule has 0 aromatic heterocycles. The van der Waals surface area contributed by atoms with Crippen molar-refractivity contribution in [3.05, 3.63) is 0 Å². The molecule has 142 heavy (non-hydrogen) atoms. The van der Waals surface area contributed by atoms with Crippen LogP contribution in [0.2, 0.25) is 0 Å². The summed E-state index contributed by atoms with van der Waals surface area (Å²) in [7, 11) is 0. The Balaban J connectivity index is 0.000000199. The third-order valence-electron chi connectivity index (χ3n) is 39.6. The minimum absolute atomic E-state index is 0. The van der Waals surface area contributed by atoms with Crippen molar-refractivity contribution in [3.8, 4) is 0 Å². The first-order valence-corrected chi connectivity index (χ1v) is 56.0. The molecule has 0 amide bonds. The van der Waals surface area contributed by atoms with E-state index in [4.69, 9.17) is 52.1 Å². The van der Waals surface area contributed by atoms with Gasteiger partial charge in [-0.3, -0.25) is 52.7 Å². The quantitative estimate of drug-likeness (QED) is 0.0545. The molecule has 816 valence electrons. The van der Waals surface area contributed by atoms with Gasteiger partial charge >= 0.3 is 65.7 Å². The molecule has 0 N–H and O–H groups in total. The summed E-state index contributed by atoms with van der Waals surface area (Å²) in [6.45, 7) is 67.9. The van der Waals surface area contributed by atoms with Crippen LogP contribution in [0.5, 0.6) is 0 Å². The van der Waals surface area contributed by atoms with Crippen molar-refractivity contribution in [3.63, 3.8) is 0 Å². The predicted molar refractivity (Wildman–Crippen MR) is 556 cm³/mol. The topological polar surface area (TPSA) is 289 Å². The maximum atomic E-state index is 12.6. The fraction of sp³-hybridized carbons (Fsp3) is 0.908. The van der Waals surface area contributed by atoms with E-state index in [0.717, 1.165) is 145 Å². The average Bonchev–Trinajstić information content (AvgIpc) is 1.03. The number of hydrogen-bond acceptors (Lipinski definition) is 22. The lowest BCUT2D eigenvalue weighted by Crippen LogP contribution is -2.58. The fourth-order valence-corrected chi connectivity index (χ4v) is 26.4. The molecule has 14 bridgehead atoms. The van der Waals surface area contributed by atoms with Crippen molar-refractivity contribution < 1.29 is 105 Å². The van der Waals surface area contributed by atoms with Crippen LogP contribution in [0.4, 0.5) is 0 Å². The van der Waals surface area contributed by atoms with E-state index in [1.54, 1.807) is 0 Å². The molecule has 22 nitrogen and oxygen atoms in total. The average molecular weight is 2000 g/mol. The molecular weight excluding hydrogens is 1790 g/mol. The molecule has 16 aliphatic carbocycles. The molecule has 0 spiro atoms. The minimum Gasteiger partial charge on any atom is -0.460 e. The zero-order valence-electron chi connectivity index (χ0n) is 94.1. The van der Waals surface area contributed by atoms with Crippen LogP contribution in [0.25, 0.3) is 0 Å². The summed E-state index contributed by atoms with van der Waals surface area (Å²) in [5, 5.41) is 0. The lowest BCUT2D eigenvalue weighted by molar-refractivity contribution is -0.206. The van der Waals surface area contributed by atoms with Gasteiger partial charge in [-0.25, -0.2) is 0 Å². The summed E-state index contributed by atoms with van der Waals surface area (Å²) in [4.78, 5) is 132. The highest BCUT2D eigenvalue weighted by Gasteiger charge is 2.68. The van der Waals surface area contributed by atoms with E-state index >= 15 is 0 Å². The molecule has 19 aliphatic rings. The summed E-state index contributed by atoms with van der Waals surface area (Å²) < 4.78 is 62.2. The van der Waals surface area contributed by atoms with Gasteiger partial charge in [0.05, 0.1) is 61.1 Å². The molecule has 16 saturated carbocycles. The molecule has 19 rings (SSSR count).